The van der Waals surface area contributed by atoms with Crippen molar-refractivity contribution >= 4 is 40.4 Å². The van der Waals surface area contributed by atoms with Gasteiger partial charge in [-0.2, -0.15) is 0 Å². The van der Waals surface area contributed by atoms with Crippen LogP contribution in [0.2, 0.25) is 4.44 Å². The molecule has 0 fully saturated rings. The van der Waals surface area contributed by atoms with E-state index in [-0.39, 0.29) is 0 Å². The van der Waals surface area contributed by atoms with E-state index in [0.717, 1.165) is 18.2 Å². The van der Waals surface area contributed by atoms with Crippen molar-refractivity contribution in [3.05, 3.63) is 38.0 Å². The molecule has 114 valence electrons. The van der Waals surface area contributed by atoms with Gasteiger partial charge in [-0.15, -0.1) is 0 Å². The molecule has 0 aromatic heterocycles. The zero-order chi connectivity index (χ0) is 17.0. The van der Waals surface area contributed by atoms with Crippen LogP contribution >= 0.6 is 0 Å². The normalized spacial score (nSPS) is 6.90. The van der Waals surface area contributed by atoms with Crippen LogP contribution in [0.1, 0.15) is 19.8 Å². The fourth-order valence-corrected chi connectivity index (χ4v) is 1.37. The van der Waals surface area contributed by atoms with Crippen LogP contribution in [0.15, 0.2) is 38.0 Å². The Balaban J connectivity index is -0.0000000853. The van der Waals surface area contributed by atoms with Gasteiger partial charge in [-0.3, -0.25) is 0 Å². The quantitative estimate of drug-likeness (QED) is 0.486. The molecule has 0 bridgehead atoms. The summed E-state index contributed by atoms with van der Waals surface area (Å²) in [5.41, 5.74) is 0. The molecule has 2 radical (unpaired) electrons. The Kier molecular flexibility index (Phi) is 35.1. The molecule has 0 saturated carbocycles. The standard InChI is InChI=1S/C4H9.3C3H4O2.Sn.H/c1-3-4-2;3*1-2-3(4)5;;/h1,3-4H2,2H3;3*2H,1H2,(H,4,5);;. The first-order chi connectivity index (χ1) is 9.22. The second-order valence-corrected chi connectivity index (χ2v) is 4.42. The third kappa shape index (κ3) is 94.6. The third-order valence-electron chi connectivity index (χ3n) is 1.08. The molecule has 0 unspecified atom stereocenters. The van der Waals surface area contributed by atoms with Gasteiger partial charge < -0.3 is 15.3 Å². The molecular weight excluding hydrogens is 371 g/mol. The van der Waals surface area contributed by atoms with E-state index in [4.69, 9.17) is 15.3 Å². The summed E-state index contributed by atoms with van der Waals surface area (Å²) in [6.07, 6.45) is 5.32. The van der Waals surface area contributed by atoms with E-state index >= 15 is 0 Å². The van der Waals surface area contributed by atoms with Crippen molar-refractivity contribution in [2.45, 2.75) is 24.2 Å². The van der Waals surface area contributed by atoms with Crippen molar-refractivity contribution in [2.75, 3.05) is 0 Å². The van der Waals surface area contributed by atoms with Gasteiger partial charge in [0.05, 0.1) is 0 Å². The number of rotatable bonds is 5. The molecule has 0 saturated heterocycles. The number of carboxylic acid groups (broad SMARTS) is 3. The van der Waals surface area contributed by atoms with E-state index in [1.54, 1.807) is 0 Å². The van der Waals surface area contributed by atoms with Crippen LogP contribution in [-0.4, -0.2) is 55.8 Å². The minimum atomic E-state index is -0.981. The average Bonchev–Trinajstić information content (AvgIpc) is 2.41. The fraction of sp³-hybridized carbons (Fsp3) is 0.308. The van der Waals surface area contributed by atoms with Crippen molar-refractivity contribution in [2.24, 2.45) is 0 Å². The molecule has 0 spiro atoms. The predicted octanol–water partition coefficient (Wildman–Crippen LogP) is 1.88. The van der Waals surface area contributed by atoms with Crippen LogP contribution in [-0.2, 0) is 14.4 Å². The van der Waals surface area contributed by atoms with Crippen molar-refractivity contribution < 1.29 is 29.7 Å². The monoisotopic (exact) mass is 394 g/mol. The minimum absolute atomic E-state index is 0.833. The molecule has 0 aliphatic rings. The molecule has 0 aliphatic carbocycles. The predicted molar refractivity (Wildman–Crippen MR) is 80.4 cm³/mol. The van der Waals surface area contributed by atoms with Crippen LogP contribution in [0.25, 0.3) is 0 Å². The van der Waals surface area contributed by atoms with Crippen molar-refractivity contribution in [3.8, 4) is 0 Å². The van der Waals surface area contributed by atoms with Gasteiger partial charge in [0.15, 0.2) is 0 Å². The maximum absolute atomic E-state index is 9.25. The van der Waals surface area contributed by atoms with Gasteiger partial charge >= 0.3 is 64.6 Å². The van der Waals surface area contributed by atoms with Crippen molar-refractivity contribution in [3.63, 3.8) is 0 Å². The molecule has 0 rings (SSSR count). The summed E-state index contributed by atoms with van der Waals surface area (Å²) in [6.45, 7) is 11.1. The van der Waals surface area contributed by atoms with Crippen LogP contribution in [0, 0.1) is 0 Å². The molecule has 0 aromatic rings. The zero-order valence-corrected chi connectivity index (χ0v) is 14.9. The fourth-order valence-electron chi connectivity index (χ4n) is 0.204. The van der Waals surface area contributed by atoms with Crippen molar-refractivity contribution in [1.29, 1.82) is 0 Å². The SMILES string of the molecule is C=CC(=O)O.C=CC(=O)O.C=CC(=O)O.CCC[CH2][SnH]. The number of hydrogen-bond acceptors (Lipinski definition) is 3. The Labute approximate surface area is 132 Å². The third-order valence-corrected chi connectivity index (χ3v) is 2.25. The molecule has 3 N–H and O–H groups in total. The molecule has 0 atom stereocenters. The van der Waals surface area contributed by atoms with E-state index < -0.39 is 17.9 Å². The molecule has 0 amide bonds. The second-order valence-electron chi connectivity index (χ2n) is 2.77. The molecule has 0 heterocycles. The van der Waals surface area contributed by atoms with Crippen LogP contribution in [0.5, 0.6) is 0 Å². The number of unbranched alkanes of at least 4 members (excludes halogenated alkanes) is 1. The van der Waals surface area contributed by atoms with Gasteiger partial charge in [-0.1, -0.05) is 19.7 Å². The number of carbonyl (C=O) groups is 3. The zero-order valence-electron chi connectivity index (χ0n) is 11.6. The van der Waals surface area contributed by atoms with E-state index in [1.807, 2.05) is 0 Å². The Morgan fingerprint density at radius 3 is 1.10 bits per heavy atom. The van der Waals surface area contributed by atoms with E-state index in [9.17, 15) is 14.4 Å². The first kappa shape index (κ1) is 26.9. The number of hydrogen-bond donors (Lipinski definition) is 3. The first-order valence-electron chi connectivity index (χ1n) is 5.49. The summed E-state index contributed by atoms with van der Waals surface area (Å²) in [4.78, 5) is 27.8. The van der Waals surface area contributed by atoms with Crippen LogP contribution < -0.4 is 0 Å². The molecule has 0 aromatic carbocycles. The average molecular weight is 393 g/mol. The Hall–Kier alpha value is -1.57. The number of carboxylic acids is 3. The van der Waals surface area contributed by atoms with Crippen LogP contribution in [0.4, 0.5) is 0 Å². The Bertz CT molecular complexity index is 254. The topological polar surface area (TPSA) is 112 Å². The Morgan fingerprint density at radius 2 is 1.10 bits per heavy atom. The first-order valence-corrected chi connectivity index (χ1v) is 7.82. The molecular formula is C13H22O6Sn. The molecule has 0 aliphatic heterocycles. The van der Waals surface area contributed by atoms with E-state index in [1.165, 1.54) is 39.8 Å². The molecule has 20 heavy (non-hydrogen) atoms. The van der Waals surface area contributed by atoms with Gasteiger partial charge in [0.1, 0.15) is 0 Å². The van der Waals surface area contributed by atoms with Gasteiger partial charge in [0.2, 0.25) is 0 Å². The van der Waals surface area contributed by atoms with E-state index in [2.05, 4.69) is 26.7 Å². The molecule has 7 heteroatoms. The summed E-state index contributed by atoms with van der Waals surface area (Å²) >= 11 is 1.45. The van der Waals surface area contributed by atoms with Gasteiger partial charge in [-0.25, -0.2) is 14.4 Å². The maximum atomic E-state index is 9.25. The van der Waals surface area contributed by atoms with E-state index in [0.29, 0.717) is 0 Å². The van der Waals surface area contributed by atoms with Crippen LogP contribution in [0.3, 0.4) is 0 Å². The van der Waals surface area contributed by atoms with Gasteiger partial charge in [-0.05, 0) is 0 Å². The summed E-state index contributed by atoms with van der Waals surface area (Å²) in [5, 5.41) is 22.8. The van der Waals surface area contributed by atoms with Gasteiger partial charge in [0, 0.05) is 18.2 Å². The summed E-state index contributed by atoms with van der Waals surface area (Å²) in [7, 11) is 0. The molecule has 6 nitrogen and oxygen atoms in total. The second kappa shape index (κ2) is 26.1. The number of aliphatic carboxylic acids is 3. The van der Waals surface area contributed by atoms with Gasteiger partial charge in [0.25, 0.3) is 0 Å². The summed E-state index contributed by atoms with van der Waals surface area (Å²) in [6, 6.07) is 0. The van der Waals surface area contributed by atoms with Crippen molar-refractivity contribution in [1.82, 2.24) is 0 Å². The summed E-state index contributed by atoms with van der Waals surface area (Å²) < 4.78 is 1.47. The Morgan fingerprint density at radius 1 is 0.900 bits per heavy atom. The summed E-state index contributed by atoms with van der Waals surface area (Å²) in [5.74, 6) is -2.94.